The van der Waals surface area contributed by atoms with Crippen LogP contribution in [0.5, 0.6) is 0 Å². The first kappa shape index (κ1) is 22.4. The van der Waals surface area contributed by atoms with Gasteiger partial charge in [-0.3, -0.25) is 9.59 Å². The molecule has 0 bridgehead atoms. The van der Waals surface area contributed by atoms with Crippen LogP contribution in [0.2, 0.25) is 0 Å². The van der Waals surface area contributed by atoms with Crippen molar-refractivity contribution >= 4 is 35.3 Å². The summed E-state index contributed by atoms with van der Waals surface area (Å²) in [5, 5.41) is 11.2. The number of nitrogens with one attached hydrogen (secondary N) is 1. The maximum absolute atomic E-state index is 12.2. The van der Waals surface area contributed by atoms with Crippen molar-refractivity contribution in [3.05, 3.63) is 35.7 Å². The lowest BCUT2D eigenvalue weighted by molar-refractivity contribution is -0.142. The summed E-state index contributed by atoms with van der Waals surface area (Å²) in [5.74, 6) is -0.437. The molecule has 0 spiro atoms. The summed E-state index contributed by atoms with van der Waals surface area (Å²) in [6, 6.07) is 6.47. The van der Waals surface area contributed by atoms with Gasteiger partial charge in [-0.05, 0) is 45.0 Å². The number of nitrogens with zero attached hydrogens (tertiary/aromatic N) is 3. The number of rotatable bonds is 9. The van der Waals surface area contributed by atoms with Crippen LogP contribution in [0.15, 0.2) is 29.4 Å². The van der Waals surface area contributed by atoms with E-state index < -0.39 is 5.97 Å². The van der Waals surface area contributed by atoms with Gasteiger partial charge >= 0.3 is 11.9 Å². The van der Waals surface area contributed by atoms with Gasteiger partial charge in [0.05, 0.1) is 24.0 Å². The molecule has 1 amide bonds. The minimum atomic E-state index is -0.408. The highest BCUT2D eigenvalue weighted by Crippen LogP contribution is 2.17. The Morgan fingerprint density at radius 1 is 1.17 bits per heavy atom. The van der Waals surface area contributed by atoms with Crippen molar-refractivity contribution in [1.29, 1.82) is 0 Å². The number of thioether (sulfide) groups is 1. The highest BCUT2D eigenvalue weighted by molar-refractivity contribution is 7.99. The molecule has 2 rings (SSSR count). The van der Waals surface area contributed by atoms with Crippen molar-refractivity contribution in [3.8, 4) is 0 Å². The largest absolute Gasteiger partial charge is 0.466 e. The number of aromatic nitrogens is 3. The van der Waals surface area contributed by atoms with E-state index in [9.17, 15) is 14.4 Å². The molecule has 0 saturated heterocycles. The highest BCUT2D eigenvalue weighted by atomic mass is 32.2. The van der Waals surface area contributed by atoms with Gasteiger partial charge in [0.25, 0.3) is 0 Å². The predicted octanol–water partition coefficient (Wildman–Crippen LogP) is 2.22. The molecule has 0 aliphatic carbocycles. The first-order chi connectivity index (χ1) is 13.8. The topological polar surface area (TPSA) is 112 Å². The van der Waals surface area contributed by atoms with Gasteiger partial charge in [-0.15, -0.1) is 10.2 Å². The fraction of sp³-hybridized carbons (Fsp3) is 0.421. The fourth-order valence-corrected chi connectivity index (χ4v) is 2.99. The molecule has 0 saturated carbocycles. The standard InChI is InChI=1S/C19H24N4O5S/c1-5-27-17(25)10-15-21-22-19(23(15)4)29-11-16(24)20-14-8-6-13(7-9-14)18(26)28-12(2)3/h6-9,12H,5,10-11H2,1-4H3,(H,20,24). The second-order valence-corrected chi connectivity index (χ2v) is 7.25. The Morgan fingerprint density at radius 2 is 1.86 bits per heavy atom. The van der Waals surface area contributed by atoms with E-state index in [0.717, 1.165) is 0 Å². The molecule has 1 aromatic heterocycles. The quantitative estimate of drug-likeness (QED) is 0.485. The van der Waals surface area contributed by atoms with Crippen molar-refractivity contribution in [1.82, 2.24) is 14.8 Å². The van der Waals surface area contributed by atoms with Crippen molar-refractivity contribution < 1.29 is 23.9 Å². The predicted molar refractivity (Wildman–Crippen MR) is 108 cm³/mol. The molecule has 29 heavy (non-hydrogen) atoms. The zero-order valence-corrected chi connectivity index (χ0v) is 17.6. The van der Waals surface area contributed by atoms with E-state index in [1.165, 1.54) is 11.8 Å². The summed E-state index contributed by atoms with van der Waals surface area (Å²) in [4.78, 5) is 35.6. The van der Waals surface area contributed by atoms with Crippen molar-refractivity contribution in [2.45, 2.75) is 38.5 Å². The van der Waals surface area contributed by atoms with Gasteiger partial charge in [-0.1, -0.05) is 11.8 Å². The van der Waals surface area contributed by atoms with Crippen LogP contribution in [0.3, 0.4) is 0 Å². The maximum atomic E-state index is 12.2. The third-order valence-corrected chi connectivity index (χ3v) is 4.63. The summed E-state index contributed by atoms with van der Waals surface area (Å²) < 4.78 is 11.7. The first-order valence-electron chi connectivity index (χ1n) is 9.07. The molecule has 0 unspecified atom stereocenters. The van der Waals surface area contributed by atoms with Gasteiger partial charge in [-0.2, -0.15) is 0 Å². The van der Waals surface area contributed by atoms with E-state index >= 15 is 0 Å². The Labute approximate surface area is 173 Å². The first-order valence-corrected chi connectivity index (χ1v) is 10.1. The van der Waals surface area contributed by atoms with Crippen molar-refractivity contribution in [2.24, 2.45) is 7.05 Å². The molecule has 156 valence electrons. The minimum Gasteiger partial charge on any atom is -0.466 e. The lowest BCUT2D eigenvalue weighted by Gasteiger charge is -2.09. The summed E-state index contributed by atoms with van der Waals surface area (Å²) in [5.41, 5.74) is 0.983. The van der Waals surface area contributed by atoms with Crippen LogP contribution >= 0.6 is 11.8 Å². The minimum absolute atomic E-state index is 0.0235. The Bertz CT molecular complexity index is 864. The van der Waals surface area contributed by atoms with Crippen LogP contribution in [-0.2, 0) is 32.5 Å². The molecular formula is C19H24N4O5S. The van der Waals surface area contributed by atoms with Crippen molar-refractivity contribution in [2.75, 3.05) is 17.7 Å². The molecule has 2 aromatic rings. The molecule has 0 radical (unpaired) electrons. The van der Waals surface area contributed by atoms with E-state index in [2.05, 4.69) is 15.5 Å². The summed E-state index contributed by atoms with van der Waals surface area (Å²) in [6.07, 6.45) is -0.173. The number of hydrogen-bond donors (Lipinski definition) is 1. The average Bonchev–Trinajstić information content (AvgIpc) is 3.00. The number of amides is 1. The van der Waals surface area contributed by atoms with Crippen LogP contribution in [0.4, 0.5) is 5.69 Å². The molecule has 9 nitrogen and oxygen atoms in total. The molecule has 0 aliphatic rings. The third-order valence-electron chi connectivity index (χ3n) is 3.61. The Balaban J connectivity index is 1.86. The Kier molecular flexibility index (Phi) is 8.20. The Hall–Kier alpha value is -2.88. The van der Waals surface area contributed by atoms with Crippen molar-refractivity contribution in [3.63, 3.8) is 0 Å². The SMILES string of the molecule is CCOC(=O)Cc1nnc(SCC(=O)Nc2ccc(C(=O)OC(C)C)cc2)n1C. The molecule has 10 heteroatoms. The van der Waals surface area contributed by atoms with E-state index in [1.807, 2.05) is 0 Å². The molecule has 1 N–H and O–H groups in total. The van der Waals surface area contributed by atoms with Gasteiger partial charge in [0.1, 0.15) is 12.2 Å². The molecule has 0 aliphatic heterocycles. The second-order valence-electron chi connectivity index (χ2n) is 6.31. The molecule has 1 aromatic carbocycles. The lowest BCUT2D eigenvalue weighted by atomic mass is 10.2. The van der Waals surface area contributed by atoms with Gasteiger partial charge in [0, 0.05) is 12.7 Å². The Morgan fingerprint density at radius 3 is 2.48 bits per heavy atom. The van der Waals surface area contributed by atoms with Crippen LogP contribution in [-0.4, -0.2) is 51.1 Å². The second kappa shape index (κ2) is 10.6. The van der Waals surface area contributed by atoms with Crippen LogP contribution in [0, 0.1) is 0 Å². The fourth-order valence-electron chi connectivity index (χ4n) is 2.26. The molecule has 1 heterocycles. The maximum Gasteiger partial charge on any atom is 0.338 e. The average molecular weight is 420 g/mol. The third kappa shape index (κ3) is 6.90. The summed E-state index contributed by atoms with van der Waals surface area (Å²) in [7, 11) is 1.73. The number of anilines is 1. The number of esters is 2. The van der Waals surface area contributed by atoms with Gasteiger partial charge in [-0.25, -0.2) is 4.79 Å². The van der Waals surface area contributed by atoms with Gasteiger partial charge < -0.3 is 19.4 Å². The number of carbonyl (C=O) groups is 3. The molecule has 0 atom stereocenters. The van der Waals surface area contributed by atoms with E-state index in [4.69, 9.17) is 9.47 Å². The summed E-state index contributed by atoms with van der Waals surface area (Å²) >= 11 is 1.20. The molecule has 0 fully saturated rings. The van der Waals surface area contributed by atoms with E-state index in [-0.39, 0.29) is 30.2 Å². The normalized spacial score (nSPS) is 10.7. The van der Waals surface area contributed by atoms with Crippen LogP contribution < -0.4 is 5.32 Å². The highest BCUT2D eigenvalue weighted by Gasteiger charge is 2.15. The number of hydrogen-bond acceptors (Lipinski definition) is 8. The zero-order valence-electron chi connectivity index (χ0n) is 16.8. The monoisotopic (exact) mass is 420 g/mol. The lowest BCUT2D eigenvalue weighted by Crippen LogP contribution is -2.15. The summed E-state index contributed by atoms with van der Waals surface area (Å²) in [6.45, 7) is 5.60. The van der Waals surface area contributed by atoms with E-state index in [0.29, 0.717) is 28.8 Å². The molecular weight excluding hydrogens is 396 g/mol. The smallest absolute Gasteiger partial charge is 0.338 e. The van der Waals surface area contributed by atoms with Gasteiger partial charge in [0.2, 0.25) is 5.91 Å². The van der Waals surface area contributed by atoms with Crippen LogP contribution in [0.1, 0.15) is 37.0 Å². The van der Waals surface area contributed by atoms with Gasteiger partial charge in [0.15, 0.2) is 5.16 Å². The number of ether oxygens (including phenoxy) is 2. The zero-order chi connectivity index (χ0) is 21.4. The number of carbonyl (C=O) groups excluding carboxylic acids is 3. The number of benzene rings is 1. The van der Waals surface area contributed by atoms with Crippen LogP contribution in [0.25, 0.3) is 0 Å². The van der Waals surface area contributed by atoms with E-state index in [1.54, 1.807) is 56.7 Å².